The first kappa shape index (κ1) is 15.4. The fourth-order valence-corrected chi connectivity index (χ4v) is 1.96. The molecule has 1 heterocycles. The van der Waals surface area contributed by atoms with E-state index in [1.165, 1.54) is 12.1 Å². The van der Waals surface area contributed by atoms with E-state index in [2.05, 4.69) is 9.88 Å². The summed E-state index contributed by atoms with van der Waals surface area (Å²) in [7, 11) is 5.99. The van der Waals surface area contributed by atoms with Gasteiger partial charge in [0.25, 0.3) is 0 Å². The number of halogens is 2. The molecule has 3 nitrogen and oxygen atoms in total. The van der Waals surface area contributed by atoms with Crippen LogP contribution in [0.4, 0.5) is 14.6 Å². The second kappa shape index (κ2) is 6.63. The Hall–Kier alpha value is -2.01. The Balaban J connectivity index is 2.15. The van der Waals surface area contributed by atoms with Gasteiger partial charge in [0.2, 0.25) is 0 Å². The SMILES string of the molecule is CN(C)CCN(C)c1ccc(-c2ccc(F)cc2F)cn1. The molecule has 0 saturated heterocycles. The minimum atomic E-state index is -0.579. The van der Waals surface area contributed by atoms with Crippen molar-refractivity contribution in [2.24, 2.45) is 0 Å². The van der Waals surface area contributed by atoms with Crippen LogP contribution in [0, 0.1) is 11.6 Å². The highest BCUT2D eigenvalue weighted by molar-refractivity contribution is 5.64. The van der Waals surface area contributed by atoms with Gasteiger partial charge in [0.15, 0.2) is 0 Å². The fourth-order valence-electron chi connectivity index (χ4n) is 1.96. The Labute approximate surface area is 123 Å². The van der Waals surface area contributed by atoms with Crippen LogP contribution in [0.3, 0.4) is 0 Å². The highest BCUT2D eigenvalue weighted by Crippen LogP contribution is 2.24. The standard InChI is InChI=1S/C16H19F2N3/c1-20(2)8-9-21(3)16-7-4-12(11-19-16)14-6-5-13(17)10-15(14)18/h4-7,10-11H,8-9H2,1-3H3. The number of hydrogen-bond donors (Lipinski definition) is 0. The molecule has 2 aromatic rings. The van der Waals surface area contributed by atoms with E-state index in [1.54, 1.807) is 12.3 Å². The average Bonchev–Trinajstić information content (AvgIpc) is 2.45. The van der Waals surface area contributed by atoms with Crippen molar-refractivity contribution in [3.05, 3.63) is 48.2 Å². The molecule has 0 aliphatic heterocycles. The van der Waals surface area contributed by atoms with Gasteiger partial charge < -0.3 is 9.80 Å². The quantitative estimate of drug-likeness (QED) is 0.844. The molecule has 0 unspecified atom stereocenters. The van der Waals surface area contributed by atoms with Crippen LogP contribution >= 0.6 is 0 Å². The van der Waals surface area contributed by atoms with E-state index >= 15 is 0 Å². The van der Waals surface area contributed by atoms with Crippen LogP contribution < -0.4 is 4.90 Å². The van der Waals surface area contributed by atoms with Crippen molar-refractivity contribution in [1.29, 1.82) is 0 Å². The molecule has 0 radical (unpaired) electrons. The lowest BCUT2D eigenvalue weighted by molar-refractivity contribution is 0.416. The zero-order valence-electron chi connectivity index (χ0n) is 12.5. The van der Waals surface area contributed by atoms with Gasteiger partial charge in [-0.15, -0.1) is 0 Å². The summed E-state index contributed by atoms with van der Waals surface area (Å²) in [5, 5.41) is 0. The lowest BCUT2D eigenvalue weighted by Crippen LogP contribution is -2.28. The van der Waals surface area contributed by atoms with Gasteiger partial charge in [0, 0.05) is 43.5 Å². The number of anilines is 1. The molecule has 1 aromatic heterocycles. The third kappa shape index (κ3) is 3.98. The van der Waals surface area contributed by atoms with Gasteiger partial charge in [0.05, 0.1) is 0 Å². The van der Waals surface area contributed by atoms with Crippen LogP contribution in [0.25, 0.3) is 11.1 Å². The molecular formula is C16H19F2N3. The highest BCUT2D eigenvalue weighted by atomic mass is 19.1. The van der Waals surface area contributed by atoms with Gasteiger partial charge in [-0.05, 0) is 38.4 Å². The van der Waals surface area contributed by atoms with Crippen molar-refractivity contribution in [1.82, 2.24) is 9.88 Å². The second-order valence-corrected chi connectivity index (χ2v) is 5.25. The summed E-state index contributed by atoms with van der Waals surface area (Å²) < 4.78 is 26.6. The van der Waals surface area contributed by atoms with Crippen molar-refractivity contribution in [2.75, 3.05) is 39.1 Å². The zero-order chi connectivity index (χ0) is 15.4. The Morgan fingerprint density at radius 2 is 1.76 bits per heavy atom. The number of pyridine rings is 1. The lowest BCUT2D eigenvalue weighted by atomic mass is 10.1. The molecule has 0 amide bonds. The Bertz CT molecular complexity index is 597. The van der Waals surface area contributed by atoms with Crippen LogP contribution in [0.1, 0.15) is 0 Å². The largest absolute Gasteiger partial charge is 0.358 e. The van der Waals surface area contributed by atoms with Crippen molar-refractivity contribution >= 4 is 5.82 Å². The maximum absolute atomic E-state index is 13.7. The number of hydrogen-bond acceptors (Lipinski definition) is 3. The topological polar surface area (TPSA) is 19.4 Å². The van der Waals surface area contributed by atoms with Crippen LogP contribution in [0.15, 0.2) is 36.5 Å². The summed E-state index contributed by atoms with van der Waals surface area (Å²) >= 11 is 0. The highest BCUT2D eigenvalue weighted by Gasteiger charge is 2.08. The normalized spacial score (nSPS) is 11.0. The maximum Gasteiger partial charge on any atom is 0.133 e. The minimum absolute atomic E-state index is 0.353. The van der Waals surface area contributed by atoms with Crippen LogP contribution in [-0.4, -0.2) is 44.1 Å². The number of aromatic nitrogens is 1. The summed E-state index contributed by atoms with van der Waals surface area (Å²) in [4.78, 5) is 8.47. The molecule has 0 bridgehead atoms. The van der Waals surface area contributed by atoms with E-state index in [0.717, 1.165) is 25.0 Å². The van der Waals surface area contributed by atoms with Gasteiger partial charge in [-0.25, -0.2) is 13.8 Å². The Kier molecular flexibility index (Phi) is 4.85. The maximum atomic E-state index is 13.7. The van der Waals surface area contributed by atoms with Crippen LogP contribution in [0.2, 0.25) is 0 Å². The predicted molar refractivity (Wildman–Crippen MR) is 81.4 cm³/mol. The van der Waals surface area contributed by atoms with E-state index in [9.17, 15) is 8.78 Å². The summed E-state index contributed by atoms with van der Waals surface area (Å²) in [6.45, 7) is 1.77. The zero-order valence-corrected chi connectivity index (χ0v) is 12.5. The van der Waals surface area contributed by atoms with Crippen molar-refractivity contribution in [2.45, 2.75) is 0 Å². The first-order valence-electron chi connectivity index (χ1n) is 6.74. The van der Waals surface area contributed by atoms with Gasteiger partial charge >= 0.3 is 0 Å². The third-order valence-corrected chi connectivity index (χ3v) is 3.26. The molecule has 0 saturated carbocycles. The predicted octanol–water partition coefficient (Wildman–Crippen LogP) is 3.02. The molecule has 0 N–H and O–H groups in total. The number of benzene rings is 1. The first-order valence-corrected chi connectivity index (χ1v) is 6.74. The minimum Gasteiger partial charge on any atom is -0.358 e. The second-order valence-electron chi connectivity index (χ2n) is 5.25. The van der Waals surface area contributed by atoms with E-state index in [1.807, 2.05) is 32.1 Å². The van der Waals surface area contributed by atoms with Crippen molar-refractivity contribution in [3.63, 3.8) is 0 Å². The average molecular weight is 291 g/mol. The van der Waals surface area contributed by atoms with Gasteiger partial charge in [-0.2, -0.15) is 0 Å². The van der Waals surface area contributed by atoms with Crippen LogP contribution in [-0.2, 0) is 0 Å². The molecular weight excluding hydrogens is 272 g/mol. The van der Waals surface area contributed by atoms with Crippen molar-refractivity contribution < 1.29 is 8.78 Å². The molecule has 112 valence electrons. The molecule has 21 heavy (non-hydrogen) atoms. The number of nitrogens with zero attached hydrogens (tertiary/aromatic N) is 3. The monoisotopic (exact) mass is 291 g/mol. The first-order chi connectivity index (χ1) is 9.97. The molecule has 0 atom stereocenters. The molecule has 0 aliphatic carbocycles. The molecule has 0 aliphatic rings. The Morgan fingerprint density at radius 1 is 1.00 bits per heavy atom. The van der Waals surface area contributed by atoms with Gasteiger partial charge in [-0.3, -0.25) is 0 Å². The molecule has 0 spiro atoms. The summed E-state index contributed by atoms with van der Waals surface area (Å²) in [6.07, 6.45) is 1.61. The Morgan fingerprint density at radius 3 is 2.33 bits per heavy atom. The number of rotatable bonds is 5. The summed E-state index contributed by atoms with van der Waals surface area (Å²) in [6, 6.07) is 7.19. The molecule has 5 heteroatoms. The molecule has 1 aromatic carbocycles. The van der Waals surface area contributed by atoms with E-state index in [0.29, 0.717) is 11.1 Å². The van der Waals surface area contributed by atoms with Gasteiger partial charge in [0.1, 0.15) is 17.5 Å². The van der Waals surface area contributed by atoms with E-state index in [-0.39, 0.29) is 0 Å². The number of likely N-dealkylation sites (N-methyl/N-ethyl adjacent to an activating group) is 2. The van der Waals surface area contributed by atoms with E-state index < -0.39 is 11.6 Å². The fraction of sp³-hybridized carbons (Fsp3) is 0.312. The molecule has 2 rings (SSSR count). The lowest BCUT2D eigenvalue weighted by Gasteiger charge is -2.20. The van der Waals surface area contributed by atoms with Gasteiger partial charge in [-0.1, -0.05) is 0 Å². The molecule has 0 fully saturated rings. The van der Waals surface area contributed by atoms with Crippen LogP contribution in [0.5, 0.6) is 0 Å². The summed E-state index contributed by atoms with van der Waals surface area (Å²) in [5.74, 6) is -0.335. The summed E-state index contributed by atoms with van der Waals surface area (Å²) in [5.41, 5.74) is 0.989. The third-order valence-electron chi connectivity index (χ3n) is 3.26. The smallest absolute Gasteiger partial charge is 0.133 e. The van der Waals surface area contributed by atoms with Crippen molar-refractivity contribution in [3.8, 4) is 11.1 Å². The van der Waals surface area contributed by atoms with E-state index in [4.69, 9.17) is 0 Å².